The number of rotatable bonds is 7. The van der Waals surface area contributed by atoms with Crippen molar-refractivity contribution in [2.75, 3.05) is 44.9 Å². The van der Waals surface area contributed by atoms with E-state index in [4.69, 9.17) is 9.47 Å². The summed E-state index contributed by atoms with van der Waals surface area (Å²) >= 11 is 2.04. The fourth-order valence-electron chi connectivity index (χ4n) is 1.44. The summed E-state index contributed by atoms with van der Waals surface area (Å²) in [5.74, 6) is 2.53. The van der Waals surface area contributed by atoms with Gasteiger partial charge in [0.1, 0.15) is 0 Å². The lowest BCUT2D eigenvalue weighted by Gasteiger charge is -2.21. The quantitative estimate of drug-likeness (QED) is 0.650. The molecule has 0 aromatic heterocycles. The zero-order valence-electron chi connectivity index (χ0n) is 8.96. The molecule has 84 valence electrons. The van der Waals surface area contributed by atoms with E-state index < -0.39 is 0 Å². The molecule has 1 aliphatic heterocycles. The molecule has 1 fully saturated rings. The zero-order chi connectivity index (χ0) is 10.1. The van der Waals surface area contributed by atoms with Gasteiger partial charge < -0.3 is 14.8 Å². The molecule has 0 radical (unpaired) electrons. The summed E-state index contributed by atoms with van der Waals surface area (Å²) < 4.78 is 10.7. The van der Waals surface area contributed by atoms with Crippen molar-refractivity contribution in [3.8, 4) is 0 Å². The van der Waals surface area contributed by atoms with Crippen LogP contribution in [0.5, 0.6) is 0 Å². The second-order valence-electron chi connectivity index (χ2n) is 3.43. The fraction of sp³-hybridized carbons (Fsp3) is 1.00. The maximum Gasteiger partial charge on any atom is 0.0594 e. The number of thioether (sulfide) groups is 1. The molecule has 1 rings (SSSR count). The molecule has 1 saturated heterocycles. The lowest BCUT2D eigenvalue weighted by molar-refractivity contribution is 0.0493. The molecule has 0 aromatic carbocycles. The van der Waals surface area contributed by atoms with E-state index in [2.05, 4.69) is 5.32 Å². The van der Waals surface area contributed by atoms with E-state index in [1.807, 2.05) is 11.8 Å². The van der Waals surface area contributed by atoms with Crippen molar-refractivity contribution in [2.45, 2.75) is 18.9 Å². The summed E-state index contributed by atoms with van der Waals surface area (Å²) in [7, 11) is 1.72. The molecule has 1 aliphatic rings. The zero-order valence-corrected chi connectivity index (χ0v) is 9.78. The predicted molar refractivity (Wildman–Crippen MR) is 61.0 cm³/mol. The molecular formula is C10H21NO2S. The van der Waals surface area contributed by atoms with Gasteiger partial charge >= 0.3 is 0 Å². The summed E-state index contributed by atoms with van der Waals surface area (Å²) in [5, 5.41) is 3.27. The van der Waals surface area contributed by atoms with E-state index in [9.17, 15) is 0 Å². The molecule has 0 spiro atoms. The Morgan fingerprint density at radius 2 is 1.93 bits per heavy atom. The molecule has 1 heterocycles. The Morgan fingerprint density at radius 1 is 1.21 bits per heavy atom. The topological polar surface area (TPSA) is 30.5 Å². The molecule has 0 atom stereocenters. The van der Waals surface area contributed by atoms with E-state index >= 15 is 0 Å². The van der Waals surface area contributed by atoms with Crippen LogP contribution in [0, 0.1) is 0 Å². The lowest BCUT2D eigenvalue weighted by atomic mass is 10.2. The van der Waals surface area contributed by atoms with E-state index in [1.54, 1.807) is 7.11 Å². The number of methoxy groups -OCH3 is 1. The van der Waals surface area contributed by atoms with Crippen LogP contribution in [0.4, 0.5) is 0 Å². The Balaban J connectivity index is 1.82. The molecule has 1 N–H and O–H groups in total. The molecule has 0 aromatic rings. The number of hydrogen-bond acceptors (Lipinski definition) is 4. The van der Waals surface area contributed by atoms with Crippen molar-refractivity contribution in [1.29, 1.82) is 0 Å². The number of ether oxygens (including phenoxy) is 2. The average molecular weight is 219 g/mol. The van der Waals surface area contributed by atoms with Gasteiger partial charge in [0.25, 0.3) is 0 Å². The van der Waals surface area contributed by atoms with Crippen molar-refractivity contribution >= 4 is 11.8 Å². The van der Waals surface area contributed by atoms with Crippen LogP contribution in [0.3, 0.4) is 0 Å². The maximum atomic E-state index is 5.75. The largest absolute Gasteiger partial charge is 0.383 e. The van der Waals surface area contributed by atoms with E-state index in [-0.39, 0.29) is 0 Å². The number of nitrogens with one attached hydrogen (secondary N) is 1. The minimum absolute atomic E-state index is 0.514. The number of hydrogen-bond donors (Lipinski definition) is 1. The molecule has 4 heteroatoms. The average Bonchev–Trinajstić information content (AvgIpc) is 2.25. The van der Waals surface area contributed by atoms with Crippen LogP contribution in [-0.4, -0.2) is 51.0 Å². The van der Waals surface area contributed by atoms with Gasteiger partial charge in [0.05, 0.1) is 19.3 Å². The summed E-state index contributed by atoms with van der Waals surface area (Å²) in [6.07, 6.45) is 2.96. The van der Waals surface area contributed by atoms with Gasteiger partial charge in [0.2, 0.25) is 0 Å². The third-order valence-corrected chi connectivity index (χ3v) is 3.33. The Bertz CT molecular complexity index is 129. The summed E-state index contributed by atoms with van der Waals surface area (Å²) in [6.45, 7) is 3.46. The lowest BCUT2D eigenvalue weighted by Crippen LogP contribution is -2.27. The first-order valence-corrected chi connectivity index (χ1v) is 6.48. The van der Waals surface area contributed by atoms with E-state index in [0.29, 0.717) is 6.10 Å². The fourth-order valence-corrected chi connectivity index (χ4v) is 2.50. The summed E-state index contributed by atoms with van der Waals surface area (Å²) in [6, 6.07) is 0. The van der Waals surface area contributed by atoms with Crippen LogP contribution in [0.1, 0.15) is 12.8 Å². The van der Waals surface area contributed by atoms with Crippen molar-refractivity contribution < 1.29 is 9.47 Å². The van der Waals surface area contributed by atoms with Gasteiger partial charge in [-0.1, -0.05) is 0 Å². The van der Waals surface area contributed by atoms with Crippen molar-refractivity contribution in [3.63, 3.8) is 0 Å². The van der Waals surface area contributed by atoms with E-state index in [1.165, 1.54) is 24.3 Å². The molecule has 0 bridgehead atoms. The SMILES string of the molecule is COCCNCCOC1CCSCC1. The highest BCUT2D eigenvalue weighted by molar-refractivity contribution is 7.99. The third kappa shape index (κ3) is 5.86. The van der Waals surface area contributed by atoms with Crippen molar-refractivity contribution in [2.24, 2.45) is 0 Å². The van der Waals surface area contributed by atoms with Crippen LogP contribution in [0.25, 0.3) is 0 Å². The first kappa shape index (κ1) is 12.3. The van der Waals surface area contributed by atoms with Gasteiger partial charge in [-0.2, -0.15) is 11.8 Å². The normalized spacial score (nSPS) is 18.6. The van der Waals surface area contributed by atoms with Gasteiger partial charge in [0, 0.05) is 20.2 Å². The van der Waals surface area contributed by atoms with Gasteiger partial charge in [-0.15, -0.1) is 0 Å². The highest BCUT2D eigenvalue weighted by Gasteiger charge is 2.12. The minimum Gasteiger partial charge on any atom is -0.383 e. The molecule has 0 amide bonds. The molecule has 14 heavy (non-hydrogen) atoms. The standard InChI is InChI=1S/C10H21NO2S/c1-12-6-4-11-5-7-13-10-2-8-14-9-3-10/h10-11H,2-9H2,1H3. The summed E-state index contributed by atoms with van der Waals surface area (Å²) in [5.41, 5.74) is 0. The second-order valence-corrected chi connectivity index (χ2v) is 4.65. The van der Waals surface area contributed by atoms with Crippen molar-refractivity contribution in [3.05, 3.63) is 0 Å². The Labute approximate surface area is 90.9 Å². The molecule has 0 saturated carbocycles. The first-order chi connectivity index (χ1) is 6.93. The molecular weight excluding hydrogens is 198 g/mol. The van der Waals surface area contributed by atoms with Gasteiger partial charge in [0.15, 0.2) is 0 Å². The molecule has 3 nitrogen and oxygen atoms in total. The van der Waals surface area contributed by atoms with Crippen LogP contribution >= 0.6 is 11.8 Å². The molecule has 0 aliphatic carbocycles. The highest BCUT2D eigenvalue weighted by Crippen LogP contribution is 2.19. The first-order valence-electron chi connectivity index (χ1n) is 5.32. The minimum atomic E-state index is 0.514. The summed E-state index contributed by atoms with van der Waals surface area (Å²) in [4.78, 5) is 0. The van der Waals surface area contributed by atoms with Gasteiger partial charge in [-0.3, -0.25) is 0 Å². The maximum absolute atomic E-state index is 5.75. The Hall–Kier alpha value is 0.230. The van der Waals surface area contributed by atoms with Gasteiger partial charge in [-0.05, 0) is 24.3 Å². The Kier molecular flexibility index (Phi) is 7.50. The van der Waals surface area contributed by atoms with Crippen LogP contribution in [0.15, 0.2) is 0 Å². The van der Waals surface area contributed by atoms with Crippen LogP contribution in [0.2, 0.25) is 0 Å². The van der Waals surface area contributed by atoms with Crippen LogP contribution in [-0.2, 0) is 9.47 Å². The predicted octanol–water partition coefficient (Wildman–Crippen LogP) is 1.13. The van der Waals surface area contributed by atoms with Gasteiger partial charge in [-0.25, -0.2) is 0 Å². The van der Waals surface area contributed by atoms with Crippen molar-refractivity contribution in [1.82, 2.24) is 5.32 Å². The third-order valence-electron chi connectivity index (χ3n) is 2.28. The second kappa shape index (κ2) is 8.53. The molecule has 0 unspecified atom stereocenters. The monoisotopic (exact) mass is 219 g/mol. The van der Waals surface area contributed by atoms with E-state index in [0.717, 1.165) is 26.3 Å². The highest BCUT2D eigenvalue weighted by atomic mass is 32.2. The Morgan fingerprint density at radius 3 is 2.64 bits per heavy atom. The van der Waals surface area contributed by atoms with Crippen LogP contribution < -0.4 is 5.32 Å². The smallest absolute Gasteiger partial charge is 0.0594 e.